The molecule has 1 aromatic heterocycles. The molecule has 5 nitrogen and oxygen atoms in total. The fourth-order valence-electron chi connectivity index (χ4n) is 1.57. The highest BCUT2D eigenvalue weighted by Crippen LogP contribution is 2.27. The summed E-state index contributed by atoms with van der Waals surface area (Å²) in [4.78, 5) is 3.45. The number of nitrogens with zero attached hydrogens (tertiary/aromatic N) is 2. The number of hydrogen-bond donors (Lipinski definition) is 1. The molecule has 2 rings (SSSR count). The van der Waals surface area contributed by atoms with Crippen LogP contribution in [0.4, 0.5) is 10.1 Å². The highest BCUT2D eigenvalue weighted by atomic mass is 35.5. The molecule has 0 spiro atoms. The molecule has 0 aliphatic rings. The van der Waals surface area contributed by atoms with Crippen LogP contribution >= 0.6 is 22.9 Å². The molecule has 0 atom stereocenters. The number of benzene rings is 1. The van der Waals surface area contributed by atoms with Crippen LogP contribution < -0.4 is 5.73 Å². The fourth-order valence-corrected chi connectivity index (χ4v) is 3.67. The van der Waals surface area contributed by atoms with E-state index in [0.717, 1.165) is 16.4 Å². The van der Waals surface area contributed by atoms with Crippen LogP contribution in [0.5, 0.6) is 0 Å². The Bertz CT molecular complexity index is 720. The van der Waals surface area contributed by atoms with Crippen molar-refractivity contribution in [2.45, 2.75) is 11.4 Å². The van der Waals surface area contributed by atoms with Crippen molar-refractivity contribution in [3.8, 4) is 0 Å². The Labute approximate surface area is 124 Å². The number of sulfonamides is 1. The van der Waals surface area contributed by atoms with Crippen LogP contribution in [-0.2, 0) is 16.6 Å². The van der Waals surface area contributed by atoms with Crippen LogP contribution in [0, 0.1) is 5.82 Å². The van der Waals surface area contributed by atoms with E-state index >= 15 is 0 Å². The SMILES string of the molecule is CN(Cc1cscn1)S(=O)(=O)c1cc(Cl)cc(N)c1F. The van der Waals surface area contributed by atoms with E-state index in [4.69, 9.17) is 17.3 Å². The molecule has 2 aromatic rings. The number of aromatic nitrogens is 1. The zero-order valence-corrected chi connectivity index (χ0v) is 12.8. The summed E-state index contributed by atoms with van der Waals surface area (Å²) in [6.07, 6.45) is 0. The Kier molecular flexibility index (Phi) is 4.28. The first-order valence-electron chi connectivity index (χ1n) is 5.40. The minimum atomic E-state index is -4.03. The minimum Gasteiger partial charge on any atom is -0.396 e. The molecule has 0 amide bonds. The second-order valence-corrected chi connectivity index (χ2v) is 7.22. The van der Waals surface area contributed by atoms with E-state index in [1.165, 1.54) is 18.4 Å². The molecule has 108 valence electrons. The summed E-state index contributed by atoms with van der Waals surface area (Å²) < 4.78 is 39.6. The van der Waals surface area contributed by atoms with Crippen molar-refractivity contribution >= 4 is 38.6 Å². The lowest BCUT2D eigenvalue weighted by Gasteiger charge is -2.17. The van der Waals surface area contributed by atoms with Gasteiger partial charge in [0, 0.05) is 17.5 Å². The van der Waals surface area contributed by atoms with Gasteiger partial charge in [0.2, 0.25) is 10.0 Å². The Balaban J connectivity index is 2.40. The molecule has 0 aliphatic heterocycles. The van der Waals surface area contributed by atoms with Crippen molar-refractivity contribution in [3.05, 3.63) is 39.6 Å². The first kappa shape index (κ1) is 15.2. The molecular weight excluding hydrogens is 325 g/mol. The highest BCUT2D eigenvalue weighted by molar-refractivity contribution is 7.89. The third-order valence-electron chi connectivity index (χ3n) is 2.59. The lowest BCUT2D eigenvalue weighted by molar-refractivity contribution is 0.457. The van der Waals surface area contributed by atoms with E-state index in [2.05, 4.69) is 4.98 Å². The maximum absolute atomic E-state index is 13.9. The minimum absolute atomic E-state index is 0.0394. The van der Waals surface area contributed by atoms with Crippen molar-refractivity contribution in [3.63, 3.8) is 0 Å². The third-order valence-corrected chi connectivity index (χ3v) is 5.24. The molecule has 20 heavy (non-hydrogen) atoms. The van der Waals surface area contributed by atoms with Crippen LogP contribution in [0.25, 0.3) is 0 Å². The summed E-state index contributed by atoms with van der Waals surface area (Å²) in [6, 6.07) is 2.20. The highest BCUT2D eigenvalue weighted by Gasteiger charge is 2.26. The number of anilines is 1. The summed E-state index contributed by atoms with van der Waals surface area (Å²) >= 11 is 7.08. The first-order valence-corrected chi connectivity index (χ1v) is 8.16. The molecule has 0 radical (unpaired) electrons. The Hall–Kier alpha value is -1.22. The molecular formula is C11H11ClFN3O2S2. The van der Waals surface area contributed by atoms with Gasteiger partial charge in [-0.1, -0.05) is 11.6 Å². The largest absolute Gasteiger partial charge is 0.396 e. The molecule has 1 heterocycles. The smallest absolute Gasteiger partial charge is 0.246 e. The number of halogens is 2. The maximum Gasteiger partial charge on any atom is 0.246 e. The van der Waals surface area contributed by atoms with Crippen molar-refractivity contribution < 1.29 is 12.8 Å². The second kappa shape index (κ2) is 5.65. The normalized spacial score (nSPS) is 12.0. The molecule has 1 aromatic carbocycles. The molecule has 0 bridgehead atoms. The van der Waals surface area contributed by atoms with Gasteiger partial charge in [0.15, 0.2) is 5.82 Å². The van der Waals surface area contributed by atoms with Crippen molar-refractivity contribution in [2.75, 3.05) is 12.8 Å². The summed E-state index contributed by atoms with van der Waals surface area (Å²) in [5.74, 6) is -1.00. The van der Waals surface area contributed by atoms with Gasteiger partial charge in [-0.2, -0.15) is 4.31 Å². The standard InChI is InChI=1S/C11H11ClFN3O2S2/c1-16(4-8-5-19-6-15-8)20(17,18)10-3-7(12)2-9(14)11(10)13/h2-3,5-6H,4,14H2,1H3. The first-order chi connectivity index (χ1) is 9.32. The summed E-state index contributed by atoms with van der Waals surface area (Å²) in [7, 11) is -2.69. The van der Waals surface area contributed by atoms with Crippen LogP contribution in [0.15, 0.2) is 27.9 Å². The van der Waals surface area contributed by atoms with Gasteiger partial charge >= 0.3 is 0 Å². The monoisotopic (exact) mass is 335 g/mol. The van der Waals surface area contributed by atoms with Gasteiger partial charge < -0.3 is 5.73 Å². The van der Waals surface area contributed by atoms with Gasteiger partial charge in [-0.3, -0.25) is 0 Å². The van der Waals surface area contributed by atoms with E-state index in [9.17, 15) is 12.8 Å². The molecule has 0 aliphatic carbocycles. The Morgan fingerprint density at radius 1 is 1.50 bits per heavy atom. The average Bonchev–Trinajstić information content (AvgIpc) is 2.86. The van der Waals surface area contributed by atoms with Crippen LogP contribution in [-0.4, -0.2) is 24.8 Å². The van der Waals surface area contributed by atoms with Gasteiger partial charge in [0.25, 0.3) is 0 Å². The van der Waals surface area contributed by atoms with Crippen molar-refractivity contribution in [1.82, 2.24) is 9.29 Å². The van der Waals surface area contributed by atoms with Crippen LogP contribution in [0.2, 0.25) is 5.02 Å². The van der Waals surface area contributed by atoms with Gasteiger partial charge in [0.1, 0.15) is 4.90 Å². The summed E-state index contributed by atoms with van der Waals surface area (Å²) in [5.41, 5.74) is 7.27. The van der Waals surface area contributed by atoms with E-state index in [1.807, 2.05) is 0 Å². The summed E-state index contributed by atoms with van der Waals surface area (Å²) in [6.45, 7) is 0.0394. The number of thiazole rings is 1. The van der Waals surface area contributed by atoms with E-state index < -0.39 is 20.7 Å². The quantitative estimate of drug-likeness (QED) is 0.870. The van der Waals surface area contributed by atoms with Crippen molar-refractivity contribution in [2.24, 2.45) is 0 Å². The summed E-state index contributed by atoms with van der Waals surface area (Å²) in [5, 5.41) is 1.78. The molecule has 0 saturated heterocycles. The topological polar surface area (TPSA) is 76.3 Å². The van der Waals surface area contributed by atoms with E-state index in [-0.39, 0.29) is 17.3 Å². The van der Waals surface area contributed by atoms with Gasteiger partial charge in [-0.05, 0) is 12.1 Å². The lowest BCUT2D eigenvalue weighted by atomic mass is 10.3. The molecule has 0 saturated carbocycles. The van der Waals surface area contributed by atoms with Crippen molar-refractivity contribution in [1.29, 1.82) is 0 Å². The average molecular weight is 336 g/mol. The molecule has 2 N–H and O–H groups in total. The maximum atomic E-state index is 13.9. The second-order valence-electron chi connectivity index (χ2n) is 4.05. The van der Waals surface area contributed by atoms with E-state index in [0.29, 0.717) is 5.69 Å². The number of hydrogen-bond acceptors (Lipinski definition) is 5. The number of nitrogens with two attached hydrogens (primary N) is 1. The zero-order chi connectivity index (χ0) is 14.9. The molecule has 0 fully saturated rings. The fraction of sp³-hybridized carbons (Fsp3) is 0.182. The van der Waals surface area contributed by atoms with Crippen LogP contribution in [0.1, 0.15) is 5.69 Å². The predicted octanol–water partition coefficient (Wildman–Crippen LogP) is 2.34. The number of nitrogen functional groups attached to an aromatic ring is 1. The van der Waals surface area contributed by atoms with Gasteiger partial charge in [-0.15, -0.1) is 11.3 Å². The zero-order valence-electron chi connectivity index (χ0n) is 10.4. The van der Waals surface area contributed by atoms with E-state index in [1.54, 1.807) is 10.9 Å². The van der Waals surface area contributed by atoms with Crippen LogP contribution in [0.3, 0.4) is 0 Å². The molecule has 9 heteroatoms. The van der Waals surface area contributed by atoms with Gasteiger partial charge in [0.05, 0.1) is 23.4 Å². The molecule has 0 unspecified atom stereocenters. The third kappa shape index (κ3) is 2.93. The Morgan fingerprint density at radius 2 is 2.20 bits per heavy atom. The predicted molar refractivity (Wildman–Crippen MR) is 76.6 cm³/mol. The van der Waals surface area contributed by atoms with Gasteiger partial charge in [-0.25, -0.2) is 17.8 Å². The number of rotatable bonds is 4. The Morgan fingerprint density at radius 3 is 2.80 bits per heavy atom. The lowest BCUT2D eigenvalue weighted by Crippen LogP contribution is -2.27.